The van der Waals surface area contributed by atoms with Gasteiger partial charge in [-0.05, 0) is 37.0 Å². The highest BCUT2D eigenvalue weighted by atomic mass is 16.5. The Morgan fingerprint density at radius 3 is 2.57 bits per heavy atom. The summed E-state index contributed by atoms with van der Waals surface area (Å²) < 4.78 is 5.89. The predicted molar refractivity (Wildman–Crippen MR) is 86.1 cm³/mol. The number of hydrogen-bond acceptors (Lipinski definition) is 4. The largest absolute Gasteiger partial charge is 0.439 e. The molecule has 0 amide bonds. The first-order valence-electron chi connectivity index (χ1n) is 7.26. The molecule has 0 aliphatic rings. The number of benzene rings is 1. The molecule has 1 aromatic carbocycles. The van der Waals surface area contributed by atoms with Crippen LogP contribution in [0.15, 0.2) is 30.3 Å². The van der Waals surface area contributed by atoms with E-state index >= 15 is 0 Å². The van der Waals surface area contributed by atoms with Crippen LogP contribution in [0.5, 0.6) is 11.6 Å². The lowest BCUT2D eigenvalue weighted by molar-refractivity contribution is 0.457. The summed E-state index contributed by atoms with van der Waals surface area (Å²) in [5.41, 5.74) is 1.33. The molecule has 4 heteroatoms. The Morgan fingerprint density at radius 2 is 1.90 bits per heavy atom. The highest BCUT2D eigenvalue weighted by molar-refractivity contribution is 5.41. The summed E-state index contributed by atoms with van der Waals surface area (Å²) in [7, 11) is 0. The molecule has 4 nitrogen and oxygen atoms in total. The van der Waals surface area contributed by atoms with Gasteiger partial charge in [-0.3, -0.25) is 0 Å². The van der Waals surface area contributed by atoms with E-state index in [-0.39, 0.29) is 5.41 Å². The summed E-state index contributed by atoms with van der Waals surface area (Å²) in [5.74, 6) is 2.83. The number of rotatable bonds is 4. The van der Waals surface area contributed by atoms with Crippen molar-refractivity contribution in [2.75, 3.05) is 11.9 Å². The van der Waals surface area contributed by atoms with E-state index in [1.54, 1.807) is 0 Å². The summed E-state index contributed by atoms with van der Waals surface area (Å²) in [6, 6.07) is 9.95. The average molecular weight is 285 g/mol. The van der Waals surface area contributed by atoms with Crippen molar-refractivity contribution in [3.63, 3.8) is 0 Å². The van der Waals surface area contributed by atoms with Crippen molar-refractivity contribution < 1.29 is 4.74 Å². The Kier molecular flexibility index (Phi) is 4.46. The molecule has 21 heavy (non-hydrogen) atoms. The van der Waals surface area contributed by atoms with Crippen molar-refractivity contribution in [1.29, 1.82) is 0 Å². The Bertz CT molecular complexity index is 618. The predicted octanol–water partition coefficient (Wildman–Crippen LogP) is 4.31. The van der Waals surface area contributed by atoms with Crippen LogP contribution in [0.25, 0.3) is 0 Å². The van der Waals surface area contributed by atoms with E-state index in [1.807, 2.05) is 32.0 Å². The van der Waals surface area contributed by atoms with Crippen LogP contribution >= 0.6 is 0 Å². The van der Waals surface area contributed by atoms with Crippen LogP contribution in [0, 0.1) is 6.92 Å². The molecule has 2 aromatic rings. The van der Waals surface area contributed by atoms with Crippen molar-refractivity contribution in [2.24, 2.45) is 0 Å². The maximum Gasteiger partial charge on any atom is 0.224 e. The molecule has 2 rings (SSSR count). The number of nitrogens with one attached hydrogen (secondary N) is 1. The standard InChI is InChI=1S/C17H23N3O/c1-6-18-15-11-16(20-12(2)19-15)21-14-9-7-8-13(10-14)17(3,4)5/h7-11H,6H2,1-5H3,(H,18,19,20). The Balaban J connectivity index is 2.26. The third-order valence-corrected chi connectivity index (χ3v) is 3.09. The van der Waals surface area contributed by atoms with Gasteiger partial charge in [-0.2, -0.15) is 4.98 Å². The zero-order valence-corrected chi connectivity index (χ0v) is 13.4. The second-order valence-corrected chi connectivity index (χ2v) is 6.05. The molecule has 0 aliphatic carbocycles. The second-order valence-electron chi connectivity index (χ2n) is 6.05. The van der Waals surface area contributed by atoms with Gasteiger partial charge < -0.3 is 10.1 Å². The quantitative estimate of drug-likeness (QED) is 0.909. The summed E-state index contributed by atoms with van der Waals surface area (Å²) in [6.45, 7) is 11.3. The summed E-state index contributed by atoms with van der Waals surface area (Å²) in [5, 5.41) is 3.18. The van der Waals surface area contributed by atoms with E-state index in [4.69, 9.17) is 4.74 Å². The first kappa shape index (κ1) is 15.3. The highest BCUT2D eigenvalue weighted by Gasteiger charge is 2.14. The van der Waals surface area contributed by atoms with Crippen LogP contribution < -0.4 is 10.1 Å². The Labute approximate surface area is 126 Å². The van der Waals surface area contributed by atoms with Crippen molar-refractivity contribution in [3.8, 4) is 11.6 Å². The fourth-order valence-electron chi connectivity index (χ4n) is 2.01. The monoisotopic (exact) mass is 285 g/mol. The number of aromatic nitrogens is 2. The maximum absolute atomic E-state index is 5.89. The van der Waals surface area contributed by atoms with Crippen molar-refractivity contribution in [3.05, 3.63) is 41.7 Å². The van der Waals surface area contributed by atoms with E-state index in [0.29, 0.717) is 11.7 Å². The van der Waals surface area contributed by atoms with Crippen LogP contribution in [0.1, 0.15) is 39.1 Å². The molecule has 0 radical (unpaired) electrons. The molecule has 1 N–H and O–H groups in total. The molecule has 1 heterocycles. The fourth-order valence-corrected chi connectivity index (χ4v) is 2.01. The number of ether oxygens (including phenoxy) is 1. The van der Waals surface area contributed by atoms with Crippen LogP contribution in [-0.2, 0) is 5.41 Å². The first-order chi connectivity index (χ1) is 9.88. The molecule has 0 fully saturated rings. The molecule has 0 aliphatic heterocycles. The minimum absolute atomic E-state index is 0.0931. The highest BCUT2D eigenvalue weighted by Crippen LogP contribution is 2.28. The number of nitrogens with zero attached hydrogens (tertiary/aromatic N) is 2. The molecule has 112 valence electrons. The minimum Gasteiger partial charge on any atom is -0.439 e. The zero-order chi connectivity index (χ0) is 15.5. The normalized spacial score (nSPS) is 11.3. The van der Waals surface area contributed by atoms with Crippen molar-refractivity contribution >= 4 is 5.82 Å². The fraction of sp³-hybridized carbons (Fsp3) is 0.412. The van der Waals surface area contributed by atoms with Gasteiger partial charge in [0.15, 0.2) is 0 Å². The third kappa shape index (κ3) is 4.18. The second kappa shape index (κ2) is 6.12. The van der Waals surface area contributed by atoms with Crippen LogP contribution in [-0.4, -0.2) is 16.5 Å². The molecular weight excluding hydrogens is 262 g/mol. The molecule has 1 aromatic heterocycles. The lowest BCUT2D eigenvalue weighted by Crippen LogP contribution is -2.10. The number of aryl methyl sites for hydroxylation is 1. The summed E-state index contributed by atoms with van der Waals surface area (Å²) in [4.78, 5) is 8.65. The van der Waals surface area contributed by atoms with Crippen LogP contribution in [0.2, 0.25) is 0 Å². The van der Waals surface area contributed by atoms with Gasteiger partial charge in [-0.15, -0.1) is 0 Å². The van der Waals surface area contributed by atoms with Gasteiger partial charge >= 0.3 is 0 Å². The van der Waals surface area contributed by atoms with Crippen molar-refractivity contribution in [1.82, 2.24) is 9.97 Å². The smallest absolute Gasteiger partial charge is 0.224 e. The first-order valence-corrected chi connectivity index (χ1v) is 7.26. The van der Waals surface area contributed by atoms with Gasteiger partial charge in [0.2, 0.25) is 5.88 Å². The van der Waals surface area contributed by atoms with Gasteiger partial charge in [0.25, 0.3) is 0 Å². The van der Waals surface area contributed by atoms with Gasteiger partial charge in [-0.1, -0.05) is 32.9 Å². The van der Waals surface area contributed by atoms with Gasteiger partial charge in [0.1, 0.15) is 17.4 Å². The lowest BCUT2D eigenvalue weighted by atomic mass is 9.87. The van der Waals surface area contributed by atoms with E-state index < -0.39 is 0 Å². The number of anilines is 1. The number of hydrogen-bond donors (Lipinski definition) is 1. The topological polar surface area (TPSA) is 47.0 Å². The zero-order valence-electron chi connectivity index (χ0n) is 13.4. The summed E-state index contributed by atoms with van der Waals surface area (Å²) >= 11 is 0. The van der Waals surface area contributed by atoms with Crippen molar-refractivity contribution in [2.45, 2.75) is 40.0 Å². The summed E-state index contributed by atoms with van der Waals surface area (Å²) in [6.07, 6.45) is 0. The molecule has 0 bridgehead atoms. The average Bonchev–Trinajstić information content (AvgIpc) is 2.37. The molecule has 0 spiro atoms. The van der Waals surface area contributed by atoms with Gasteiger partial charge in [0.05, 0.1) is 0 Å². The van der Waals surface area contributed by atoms with Crippen LogP contribution in [0.4, 0.5) is 5.82 Å². The Morgan fingerprint density at radius 1 is 1.14 bits per heavy atom. The molecule has 0 saturated heterocycles. The van der Waals surface area contributed by atoms with Crippen LogP contribution in [0.3, 0.4) is 0 Å². The van der Waals surface area contributed by atoms with Gasteiger partial charge in [0, 0.05) is 12.6 Å². The Hall–Kier alpha value is -2.10. The molecule has 0 atom stereocenters. The maximum atomic E-state index is 5.89. The van der Waals surface area contributed by atoms with E-state index in [0.717, 1.165) is 18.1 Å². The molecular formula is C17H23N3O. The van der Waals surface area contributed by atoms with E-state index in [1.165, 1.54) is 5.56 Å². The van der Waals surface area contributed by atoms with E-state index in [2.05, 4.69) is 48.2 Å². The molecule has 0 saturated carbocycles. The minimum atomic E-state index is 0.0931. The third-order valence-electron chi connectivity index (χ3n) is 3.09. The SMILES string of the molecule is CCNc1cc(Oc2cccc(C(C)(C)C)c2)nc(C)n1. The lowest BCUT2D eigenvalue weighted by Gasteiger charge is -2.19. The van der Waals surface area contributed by atoms with E-state index in [9.17, 15) is 0 Å². The molecule has 0 unspecified atom stereocenters. The van der Waals surface area contributed by atoms with Gasteiger partial charge in [-0.25, -0.2) is 4.98 Å².